The fraction of sp³-hybridized carbons (Fsp3) is 0.500. The van der Waals surface area contributed by atoms with Crippen LogP contribution in [0.15, 0.2) is 23.1 Å². The summed E-state index contributed by atoms with van der Waals surface area (Å²) in [4.78, 5) is 11.2. The lowest BCUT2D eigenvalue weighted by molar-refractivity contribution is -0.114. The number of carbonyl (C=O) groups excluding carboxylic acids is 1. The normalized spacial score (nSPS) is 23.3. The molecule has 2 rings (SSSR count). The maximum atomic E-state index is 12.7. The molecule has 1 aliphatic rings. The minimum absolute atomic E-state index is 0.105. The summed E-state index contributed by atoms with van der Waals surface area (Å²) >= 11 is 6.05. The first-order chi connectivity index (χ1) is 10.2. The highest BCUT2D eigenvalue weighted by Crippen LogP contribution is 2.28. The Balaban J connectivity index is 2.29. The van der Waals surface area contributed by atoms with Crippen molar-refractivity contribution in [3.63, 3.8) is 0 Å². The Bertz CT molecular complexity index is 667. The summed E-state index contributed by atoms with van der Waals surface area (Å²) in [6.45, 7) is 5.64. The van der Waals surface area contributed by atoms with Gasteiger partial charge in [-0.25, -0.2) is 8.42 Å². The highest BCUT2D eigenvalue weighted by atomic mass is 35.5. The molecule has 0 aliphatic carbocycles. The van der Waals surface area contributed by atoms with Crippen molar-refractivity contribution in [2.45, 2.75) is 37.9 Å². The van der Waals surface area contributed by atoms with Crippen LogP contribution in [0, 0.1) is 0 Å². The number of hydrogen-bond donors (Lipinski definition) is 1. The summed E-state index contributed by atoms with van der Waals surface area (Å²) < 4.78 is 32.3. The zero-order chi connectivity index (χ0) is 16.5. The first-order valence-corrected chi connectivity index (χ1v) is 8.74. The van der Waals surface area contributed by atoms with Crippen molar-refractivity contribution in [2.24, 2.45) is 0 Å². The SMILES string of the molecule is CC(=O)Nc1ccc(S(=O)(=O)N2C[C@@H](C)O[C@@H](C)C2)cc1Cl. The van der Waals surface area contributed by atoms with Gasteiger partial charge in [0.2, 0.25) is 15.9 Å². The van der Waals surface area contributed by atoms with Gasteiger partial charge in [0.05, 0.1) is 27.8 Å². The van der Waals surface area contributed by atoms with Gasteiger partial charge in [-0.05, 0) is 32.0 Å². The fourth-order valence-corrected chi connectivity index (χ4v) is 4.33. The van der Waals surface area contributed by atoms with Crippen molar-refractivity contribution in [1.82, 2.24) is 4.31 Å². The van der Waals surface area contributed by atoms with Crippen molar-refractivity contribution < 1.29 is 17.9 Å². The van der Waals surface area contributed by atoms with Crippen LogP contribution in [0.1, 0.15) is 20.8 Å². The Morgan fingerprint density at radius 1 is 1.32 bits per heavy atom. The van der Waals surface area contributed by atoms with Crippen LogP contribution in [0.2, 0.25) is 5.02 Å². The number of halogens is 1. The third-order valence-electron chi connectivity index (χ3n) is 3.28. The van der Waals surface area contributed by atoms with Crippen molar-refractivity contribution in [3.05, 3.63) is 23.2 Å². The van der Waals surface area contributed by atoms with Crippen LogP contribution in [-0.4, -0.2) is 43.9 Å². The molecule has 22 heavy (non-hydrogen) atoms. The molecule has 0 radical (unpaired) electrons. The Morgan fingerprint density at radius 2 is 1.91 bits per heavy atom. The van der Waals surface area contributed by atoms with Gasteiger partial charge in [0.15, 0.2) is 0 Å². The minimum atomic E-state index is -3.64. The van der Waals surface area contributed by atoms with Gasteiger partial charge in [-0.2, -0.15) is 4.31 Å². The number of sulfonamides is 1. The molecule has 1 aliphatic heterocycles. The number of nitrogens with one attached hydrogen (secondary N) is 1. The molecule has 0 unspecified atom stereocenters. The van der Waals surface area contributed by atoms with Gasteiger partial charge in [-0.3, -0.25) is 4.79 Å². The van der Waals surface area contributed by atoms with E-state index in [0.29, 0.717) is 18.8 Å². The van der Waals surface area contributed by atoms with Gasteiger partial charge in [0.25, 0.3) is 0 Å². The molecule has 1 amide bonds. The van der Waals surface area contributed by atoms with E-state index in [4.69, 9.17) is 16.3 Å². The zero-order valence-electron chi connectivity index (χ0n) is 12.7. The molecule has 6 nitrogen and oxygen atoms in total. The molecule has 1 aromatic rings. The molecule has 122 valence electrons. The molecule has 0 spiro atoms. The van der Waals surface area contributed by atoms with E-state index in [1.165, 1.54) is 29.4 Å². The number of benzene rings is 1. The van der Waals surface area contributed by atoms with E-state index in [2.05, 4.69) is 5.32 Å². The molecular weight excluding hydrogens is 328 g/mol. The number of hydrogen-bond acceptors (Lipinski definition) is 4. The maximum absolute atomic E-state index is 12.7. The topological polar surface area (TPSA) is 75.7 Å². The molecule has 8 heteroatoms. The van der Waals surface area contributed by atoms with E-state index in [1.807, 2.05) is 13.8 Å². The Morgan fingerprint density at radius 3 is 2.41 bits per heavy atom. The second-order valence-corrected chi connectivity index (χ2v) is 7.75. The molecule has 0 bridgehead atoms. The number of anilines is 1. The molecule has 2 atom stereocenters. The Hall–Kier alpha value is -1.15. The van der Waals surface area contributed by atoms with Crippen molar-refractivity contribution >= 4 is 33.2 Å². The van der Waals surface area contributed by atoms with Gasteiger partial charge in [-0.1, -0.05) is 11.6 Å². The smallest absolute Gasteiger partial charge is 0.243 e. The first kappa shape index (κ1) is 17.2. The van der Waals surface area contributed by atoms with E-state index in [1.54, 1.807) is 0 Å². The van der Waals surface area contributed by atoms with Gasteiger partial charge in [0, 0.05) is 20.0 Å². The van der Waals surface area contributed by atoms with Gasteiger partial charge >= 0.3 is 0 Å². The molecule has 1 saturated heterocycles. The van der Waals surface area contributed by atoms with Crippen LogP contribution in [-0.2, 0) is 19.6 Å². The molecule has 0 aromatic heterocycles. The summed E-state index contributed by atoms with van der Waals surface area (Å²) in [5, 5.41) is 2.73. The third-order valence-corrected chi connectivity index (χ3v) is 5.42. The van der Waals surface area contributed by atoms with Gasteiger partial charge in [-0.15, -0.1) is 0 Å². The van der Waals surface area contributed by atoms with Crippen LogP contribution in [0.5, 0.6) is 0 Å². The van der Waals surface area contributed by atoms with E-state index in [-0.39, 0.29) is 28.0 Å². The predicted octanol–water partition coefficient (Wildman–Crippen LogP) is 2.10. The summed E-state index contributed by atoms with van der Waals surface area (Å²) in [6.07, 6.45) is -0.319. The van der Waals surface area contributed by atoms with Crippen LogP contribution >= 0.6 is 11.6 Å². The molecule has 1 aromatic carbocycles. The molecule has 1 fully saturated rings. The Kier molecular flexibility index (Phi) is 5.11. The average molecular weight is 347 g/mol. The van der Waals surface area contributed by atoms with Gasteiger partial charge < -0.3 is 10.1 Å². The highest BCUT2D eigenvalue weighted by Gasteiger charge is 2.32. The molecule has 0 saturated carbocycles. The van der Waals surface area contributed by atoms with E-state index < -0.39 is 10.0 Å². The molecule has 1 N–H and O–H groups in total. The number of nitrogens with zero attached hydrogens (tertiary/aromatic N) is 1. The Labute approximate surface area is 135 Å². The van der Waals surface area contributed by atoms with Gasteiger partial charge in [0.1, 0.15) is 0 Å². The quantitative estimate of drug-likeness (QED) is 0.909. The average Bonchev–Trinajstić information content (AvgIpc) is 2.39. The standard InChI is InChI=1S/C14H19ClN2O4S/c1-9-7-17(8-10(2)21-9)22(19,20)12-4-5-14(13(15)6-12)16-11(3)18/h4-6,9-10H,7-8H2,1-3H3,(H,16,18)/t9-,10+. The summed E-state index contributed by atoms with van der Waals surface area (Å²) in [5.74, 6) is -0.270. The molecule has 1 heterocycles. The summed E-state index contributed by atoms with van der Waals surface area (Å²) in [7, 11) is -3.64. The van der Waals surface area contributed by atoms with Crippen LogP contribution < -0.4 is 5.32 Å². The van der Waals surface area contributed by atoms with Crippen molar-refractivity contribution in [1.29, 1.82) is 0 Å². The largest absolute Gasteiger partial charge is 0.373 e. The summed E-state index contributed by atoms with van der Waals surface area (Å²) in [5.41, 5.74) is 0.386. The number of rotatable bonds is 3. The van der Waals surface area contributed by atoms with Crippen molar-refractivity contribution in [3.8, 4) is 0 Å². The van der Waals surface area contributed by atoms with Crippen LogP contribution in [0.4, 0.5) is 5.69 Å². The predicted molar refractivity (Wildman–Crippen MR) is 84.5 cm³/mol. The number of carbonyl (C=O) groups is 1. The first-order valence-electron chi connectivity index (χ1n) is 6.93. The second-order valence-electron chi connectivity index (χ2n) is 5.40. The second kappa shape index (κ2) is 6.54. The van der Waals surface area contributed by atoms with E-state index >= 15 is 0 Å². The van der Waals surface area contributed by atoms with Crippen LogP contribution in [0.3, 0.4) is 0 Å². The van der Waals surface area contributed by atoms with E-state index in [0.717, 1.165) is 0 Å². The number of amides is 1. The minimum Gasteiger partial charge on any atom is -0.373 e. The fourth-order valence-electron chi connectivity index (χ4n) is 2.42. The number of ether oxygens (including phenoxy) is 1. The zero-order valence-corrected chi connectivity index (χ0v) is 14.2. The van der Waals surface area contributed by atoms with Crippen LogP contribution in [0.25, 0.3) is 0 Å². The van der Waals surface area contributed by atoms with Crippen molar-refractivity contribution in [2.75, 3.05) is 18.4 Å². The summed E-state index contributed by atoms with van der Waals surface area (Å²) in [6, 6.07) is 4.29. The maximum Gasteiger partial charge on any atom is 0.243 e. The lowest BCUT2D eigenvalue weighted by Crippen LogP contribution is -2.48. The number of morpholine rings is 1. The molecular formula is C14H19ClN2O4S. The van der Waals surface area contributed by atoms with E-state index in [9.17, 15) is 13.2 Å². The lowest BCUT2D eigenvalue weighted by atomic mass is 10.3. The third kappa shape index (κ3) is 3.78. The monoisotopic (exact) mass is 346 g/mol. The highest BCUT2D eigenvalue weighted by molar-refractivity contribution is 7.89. The lowest BCUT2D eigenvalue weighted by Gasteiger charge is -2.34.